The van der Waals surface area contributed by atoms with Gasteiger partial charge in [0.05, 0.1) is 10.9 Å². The van der Waals surface area contributed by atoms with Crippen LogP contribution in [0.3, 0.4) is 0 Å². The van der Waals surface area contributed by atoms with Crippen LogP contribution >= 0.6 is 0 Å². The van der Waals surface area contributed by atoms with Crippen molar-refractivity contribution in [1.29, 1.82) is 0 Å². The molecule has 1 aliphatic carbocycles. The number of carboxylic acid groups (broad SMARTS) is 1. The lowest BCUT2D eigenvalue weighted by atomic mass is 10.1. The molecule has 30 heavy (non-hydrogen) atoms. The van der Waals surface area contributed by atoms with Gasteiger partial charge >= 0.3 is 5.97 Å². The minimum Gasteiger partial charge on any atom is -0.478 e. The van der Waals surface area contributed by atoms with E-state index in [0.29, 0.717) is 29.7 Å². The van der Waals surface area contributed by atoms with Gasteiger partial charge in [-0.2, -0.15) is 4.98 Å². The number of rotatable bonds is 7. The van der Waals surface area contributed by atoms with Gasteiger partial charge in [0.1, 0.15) is 23.2 Å². The second-order valence-corrected chi connectivity index (χ2v) is 7.68. The van der Waals surface area contributed by atoms with Crippen molar-refractivity contribution in [2.24, 2.45) is 22.7 Å². The first-order valence-electron chi connectivity index (χ1n) is 9.70. The summed E-state index contributed by atoms with van der Waals surface area (Å²) in [4.78, 5) is 20.0. The van der Waals surface area contributed by atoms with Gasteiger partial charge in [-0.15, -0.1) is 0 Å². The molecule has 1 saturated carbocycles. The average Bonchev–Trinajstić information content (AvgIpc) is 3.36. The Balaban J connectivity index is 1.55. The molecule has 3 atom stereocenters. The highest BCUT2D eigenvalue weighted by atomic mass is 16.4. The number of furan rings is 1. The van der Waals surface area contributed by atoms with Crippen molar-refractivity contribution in [2.75, 3.05) is 5.32 Å². The number of amidine groups is 1. The van der Waals surface area contributed by atoms with Crippen LogP contribution in [-0.4, -0.2) is 32.1 Å². The molecule has 9 heteroatoms. The van der Waals surface area contributed by atoms with E-state index in [1.807, 2.05) is 13.0 Å². The Morgan fingerprint density at radius 3 is 2.77 bits per heavy atom. The predicted molar refractivity (Wildman–Crippen MR) is 111 cm³/mol. The zero-order chi connectivity index (χ0) is 21.4. The molecule has 9 nitrogen and oxygen atoms in total. The minimum atomic E-state index is -0.953. The van der Waals surface area contributed by atoms with E-state index >= 15 is 0 Å². The molecule has 4 rings (SSSR count). The molecule has 156 valence electrons. The number of nitrogens with zero attached hydrogens (tertiary/aromatic N) is 3. The van der Waals surface area contributed by atoms with E-state index in [1.165, 1.54) is 0 Å². The van der Waals surface area contributed by atoms with Gasteiger partial charge in [0, 0.05) is 18.4 Å². The van der Waals surface area contributed by atoms with E-state index in [9.17, 15) is 4.79 Å². The Labute approximate surface area is 172 Å². The average molecular weight is 409 g/mol. The van der Waals surface area contributed by atoms with Crippen LogP contribution in [0.5, 0.6) is 0 Å². The molecule has 1 aromatic carbocycles. The van der Waals surface area contributed by atoms with Crippen LogP contribution in [0.25, 0.3) is 11.1 Å². The van der Waals surface area contributed by atoms with Gasteiger partial charge in [0.15, 0.2) is 0 Å². The first-order chi connectivity index (χ1) is 14.4. The van der Waals surface area contributed by atoms with Crippen LogP contribution in [0.15, 0.2) is 39.9 Å². The van der Waals surface area contributed by atoms with Gasteiger partial charge < -0.3 is 25.8 Å². The van der Waals surface area contributed by atoms with Gasteiger partial charge in [-0.1, -0.05) is 17.3 Å². The largest absolute Gasteiger partial charge is 0.478 e. The maximum absolute atomic E-state index is 11.0. The third-order valence-corrected chi connectivity index (χ3v) is 5.45. The van der Waals surface area contributed by atoms with Crippen molar-refractivity contribution in [3.8, 4) is 0 Å². The van der Waals surface area contributed by atoms with Crippen LogP contribution in [0, 0.1) is 18.8 Å². The van der Waals surface area contributed by atoms with Gasteiger partial charge in [-0.05, 0) is 49.9 Å². The Morgan fingerprint density at radius 2 is 2.10 bits per heavy atom. The van der Waals surface area contributed by atoms with Crippen molar-refractivity contribution in [1.82, 2.24) is 9.97 Å². The lowest BCUT2D eigenvalue weighted by molar-refractivity contribution is 0.0697. The number of aromatic nitrogens is 2. The number of oxime groups is 1. The SMILES string of the molecule is Cc1nc(N[C@@H](C)c2ccc(C(=O)O)cc2)c2cc(CC3CC3/C(N)=N/O)oc2n1. The van der Waals surface area contributed by atoms with E-state index in [2.05, 4.69) is 20.4 Å². The number of aromatic carboxylic acids is 1. The molecule has 0 spiro atoms. The molecule has 0 saturated heterocycles. The number of nitrogens with two attached hydrogens (primary N) is 1. The summed E-state index contributed by atoms with van der Waals surface area (Å²) < 4.78 is 5.93. The zero-order valence-electron chi connectivity index (χ0n) is 16.7. The van der Waals surface area contributed by atoms with E-state index in [0.717, 1.165) is 23.1 Å². The first kappa shape index (κ1) is 19.7. The molecule has 2 unspecified atom stereocenters. The summed E-state index contributed by atoms with van der Waals surface area (Å²) in [6.07, 6.45) is 1.55. The molecular weight excluding hydrogens is 386 g/mol. The molecule has 5 N–H and O–H groups in total. The fraction of sp³-hybridized carbons (Fsp3) is 0.333. The number of benzene rings is 1. The normalized spacial score (nSPS) is 19.6. The van der Waals surface area contributed by atoms with Gasteiger partial charge in [-0.25, -0.2) is 9.78 Å². The van der Waals surface area contributed by atoms with Crippen molar-refractivity contribution in [2.45, 2.75) is 32.7 Å². The molecule has 2 aromatic heterocycles. The second kappa shape index (κ2) is 7.66. The Bertz CT molecular complexity index is 1120. The maximum Gasteiger partial charge on any atom is 0.335 e. The van der Waals surface area contributed by atoms with Crippen LogP contribution in [0.2, 0.25) is 0 Å². The number of hydrogen-bond donors (Lipinski definition) is 4. The molecule has 0 radical (unpaired) electrons. The van der Waals surface area contributed by atoms with Crippen LogP contribution < -0.4 is 11.1 Å². The molecular formula is C21H23N5O4. The van der Waals surface area contributed by atoms with Crippen LogP contribution in [0.1, 0.15) is 46.9 Å². The summed E-state index contributed by atoms with van der Waals surface area (Å²) in [5.41, 5.74) is 7.37. The van der Waals surface area contributed by atoms with Crippen molar-refractivity contribution in [3.63, 3.8) is 0 Å². The molecule has 0 bridgehead atoms. The second-order valence-electron chi connectivity index (χ2n) is 7.68. The van der Waals surface area contributed by atoms with Crippen molar-refractivity contribution < 1.29 is 19.5 Å². The zero-order valence-corrected chi connectivity index (χ0v) is 16.7. The lowest BCUT2D eigenvalue weighted by Gasteiger charge is -2.16. The number of aryl methyl sites for hydroxylation is 1. The van der Waals surface area contributed by atoms with Crippen LogP contribution in [0.4, 0.5) is 5.82 Å². The van der Waals surface area contributed by atoms with Gasteiger partial charge in [-0.3, -0.25) is 0 Å². The molecule has 0 amide bonds. The molecule has 3 aromatic rings. The number of carbonyl (C=O) groups is 1. The number of nitrogens with one attached hydrogen (secondary N) is 1. The summed E-state index contributed by atoms with van der Waals surface area (Å²) in [6.45, 7) is 3.78. The number of carboxylic acids is 1. The smallest absolute Gasteiger partial charge is 0.335 e. The number of hydrogen-bond acceptors (Lipinski definition) is 7. The summed E-state index contributed by atoms with van der Waals surface area (Å²) >= 11 is 0. The molecule has 2 heterocycles. The van der Waals surface area contributed by atoms with Crippen LogP contribution in [-0.2, 0) is 6.42 Å². The molecule has 1 aliphatic rings. The van der Waals surface area contributed by atoms with Crippen molar-refractivity contribution in [3.05, 3.63) is 53.0 Å². The maximum atomic E-state index is 11.0. The quantitative estimate of drug-likeness (QED) is 0.201. The van der Waals surface area contributed by atoms with Crippen molar-refractivity contribution >= 4 is 28.7 Å². The summed E-state index contributed by atoms with van der Waals surface area (Å²) in [7, 11) is 0. The fourth-order valence-corrected chi connectivity index (χ4v) is 3.66. The van der Waals surface area contributed by atoms with Gasteiger partial charge in [0.2, 0.25) is 5.71 Å². The fourth-order valence-electron chi connectivity index (χ4n) is 3.66. The summed E-state index contributed by atoms with van der Waals surface area (Å²) in [5, 5.41) is 25.1. The third kappa shape index (κ3) is 3.91. The summed E-state index contributed by atoms with van der Waals surface area (Å²) in [5.74, 6) is 1.71. The molecule has 1 fully saturated rings. The number of fused-ring (bicyclic) bond motifs is 1. The minimum absolute atomic E-state index is 0.0856. The highest BCUT2D eigenvalue weighted by Crippen LogP contribution is 2.42. The Morgan fingerprint density at radius 1 is 1.37 bits per heavy atom. The molecule has 0 aliphatic heterocycles. The highest BCUT2D eigenvalue weighted by Gasteiger charge is 2.41. The van der Waals surface area contributed by atoms with E-state index in [-0.39, 0.29) is 23.4 Å². The van der Waals surface area contributed by atoms with E-state index in [4.69, 9.17) is 20.5 Å². The summed E-state index contributed by atoms with van der Waals surface area (Å²) in [6, 6.07) is 8.57. The Hall–Kier alpha value is -3.62. The van der Waals surface area contributed by atoms with E-state index in [1.54, 1.807) is 31.2 Å². The highest BCUT2D eigenvalue weighted by molar-refractivity contribution is 5.88. The Kier molecular flexibility index (Phi) is 5.03. The lowest BCUT2D eigenvalue weighted by Crippen LogP contribution is -2.15. The standard InChI is InChI=1S/C21H23N5O4/c1-10(12-3-5-13(6-4-12)21(27)28)23-19-17-9-15(30-20(17)25-11(2)24-19)7-14-8-16(14)18(22)26-29/h3-6,9-10,14,16,29H,7-8H2,1-2H3,(H2,22,26)(H,27,28)(H,23,24,25)/t10-,14?,16?/m0/s1. The van der Waals surface area contributed by atoms with E-state index < -0.39 is 5.97 Å². The topological polar surface area (TPSA) is 147 Å². The third-order valence-electron chi connectivity index (χ3n) is 5.45. The van der Waals surface area contributed by atoms with Gasteiger partial charge in [0.25, 0.3) is 0 Å². The monoisotopic (exact) mass is 409 g/mol. The predicted octanol–water partition coefficient (Wildman–Crippen LogP) is 3.33. The number of anilines is 1. The first-order valence-corrected chi connectivity index (χ1v) is 9.70.